The third-order valence-corrected chi connectivity index (χ3v) is 5.71. The second-order valence-corrected chi connectivity index (χ2v) is 7.76. The Labute approximate surface area is 161 Å². The van der Waals surface area contributed by atoms with Gasteiger partial charge < -0.3 is 16.0 Å². The summed E-state index contributed by atoms with van der Waals surface area (Å²) in [6, 6.07) is 11.4. The number of nitrogens with two attached hydrogens (primary N) is 1. The van der Waals surface area contributed by atoms with E-state index in [0.717, 1.165) is 42.7 Å². The number of thioether (sulfide) groups is 1. The van der Waals surface area contributed by atoms with E-state index in [0.29, 0.717) is 6.42 Å². The van der Waals surface area contributed by atoms with Crippen molar-refractivity contribution in [3.8, 4) is 0 Å². The van der Waals surface area contributed by atoms with Crippen molar-refractivity contribution in [1.82, 2.24) is 10.3 Å². The van der Waals surface area contributed by atoms with Gasteiger partial charge in [0.1, 0.15) is 5.56 Å². The third kappa shape index (κ3) is 5.01. The van der Waals surface area contributed by atoms with E-state index in [9.17, 15) is 14.4 Å². The Morgan fingerprint density at radius 3 is 2.78 bits per heavy atom. The van der Waals surface area contributed by atoms with Crippen LogP contribution in [0.2, 0.25) is 0 Å². The molecular weight excluding hydrogens is 362 g/mol. The van der Waals surface area contributed by atoms with Crippen molar-refractivity contribution in [2.75, 3.05) is 5.75 Å². The predicted molar refractivity (Wildman–Crippen MR) is 106 cm³/mol. The van der Waals surface area contributed by atoms with E-state index in [1.807, 2.05) is 18.2 Å². The summed E-state index contributed by atoms with van der Waals surface area (Å²) in [6.45, 7) is 0. The van der Waals surface area contributed by atoms with Gasteiger partial charge in [-0.15, -0.1) is 11.8 Å². The van der Waals surface area contributed by atoms with Gasteiger partial charge in [-0.1, -0.05) is 18.2 Å². The summed E-state index contributed by atoms with van der Waals surface area (Å²) >= 11 is 1.73. The highest BCUT2D eigenvalue weighted by Crippen LogP contribution is 2.28. The zero-order chi connectivity index (χ0) is 19.2. The van der Waals surface area contributed by atoms with E-state index in [1.54, 1.807) is 11.8 Å². The lowest BCUT2D eigenvalue weighted by Crippen LogP contribution is -2.34. The van der Waals surface area contributed by atoms with Crippen molar-refractivity contribution in [1.29, 1.82) is 0 Å². The number of benzene rings is 1. The van der Waals surface area contributed by atoms with Crippen molar-refractivity contribution >= 4 is 23.6 Å². The van der Waals surface area contributed by atoms with Crippen LogP contribution in [0.3, 0.4) is 0 Å². The van der Waals surface area contributed by atoms with Crippen LogP contribution in [0.15, 0.2) is 46.1 Å². The van der Waals surface area contributed by atoms with Gasteiger partial charge in [0.05, 0.1) is 6.04 Å². The fourth-order valence-electron chi connectivity index (χ4n) is 3.28. The molecule has 1 heterocycles. The van der Waals surface area contributed by atoms with E-state index in [1.165, 1.54) is 11.0 Å². The Hall–Kier alpha value is -2.54. The molecule has 0 bridgehead atoms. The third-order valence-electron chi connectivity index (χ3n) is 4.61. The molecule has 0 saturated heterocycles. The lowest BCUT2D eigenvalue weighted by molar-refractivity contribution is -0.121. The first-order chi connectivity index (χ1) is 13.0. The number of pyridine rings is 1. The molecule has 1 atom stereocenters. The molecule has 6 nitrogen and oxygen atoms in total. The zero-order valence-corrected chi connectivity index (χ0v) is 15.8. The highest BCUT2D eigenvalue weighted by atomic mass is 32.2. The Balaban J connectivity index is 1.57. The van der Waals surface area contributed by atoms with E-state index in [-0.39, 0.29) is 17.5 Å². The van der Waals surface area contributed by atoms with Crippen LogP contribution in [0, 0.1) is 0 Å². The van der Waals surface area contributed by atoms with E-state index < -0.39 is 11.5 Å². The molecule has 7 heteroatoms. The van der Waals surface area contributed by atoms with Gasteiger partial charge in [0.2, 0.25) is 5.91 Å². The summed E-state index contributed by atoms with van der Waals surface area (Å²) in [4.78, 5) is 39.6. The fraction of sp³-hybridized carbons (Fsp3) is 0.350. The van der Waals surface area contributed by atoms with Crippen LogP contribution in [0.25, 0.3) is 0 Å². The number of aromatic nitrogens is 1. The van der Waals surface area contributed by atoms with Crippen LogP contribution in [0.1, 0.15) is 53.3 Å². The van der Waals surface area contributed by atoms with Crippen LogP contribution >= 0.6 is 11.8 Å². The van der Waals surface area contributed by atoms with Gasteiger partial charge in [0, 0.05) is 17.0 Å². The van der Waals surface area contributed by atoms with Crippen molar-refractivity contribution < 1.29 is 9.59 Å². The van der Waals surface area contributed by atoms with E-state index >= 15 is 0 Å². The van der Waals surface area contributed by atoms with Gasteiger partial charge in [-0.25, -0.2) is 0 Å². The second-order valence-electron chi connectivity index (χ2n) is 6.59. The molecule has 1 unspecified atom stereocenters. The van der Waals surface area contributed by atoms with Crippen molar-refractivity contribution in [2.24, 2.45) is 5.73 Å². The Morgan fingerprint density at radius 1 is 1.26 bits per heavy atom. The number of hydrogen-bond donors (Lipinski definition) is 3. The number of aryl methyl sites for hydroxylation is 1. The number of primary amides is 1. The summed E-state index contributed by atoms with van der Waals surface area (Å²) < 4.78 is 0. The molecule has 27 heavy (non-hydrogen) atoms. The van der Waals surface area contributed by atoms with Crippen molar-refractivity contribution in [3.63, 3.8) is 0 Å². The fourth-order valence-corrected chi connectivity index (χ4v) is 4.15. The maximum atomic E-state index is 12.3. The van der Waals surface area contributed by atoms with Crippen LogP contribution in [0.5, 0.6) is 0 Å². The summed E-state index contributed by atoms with van der Waals surface area (Å²) in [7, 11) is 0. The topological polar surface area (TPSA) is 105 Å². The molecule has 0 spiro atoms. The largest absolute Gasteiger partial charge is 0.365 e. The first-order valence-corrected chi connectivity index (χ1v) is 10.1. The normalized spacial score (nSPS) is 15.8. The number of amides is 2. The molecule has 142 valence electrons. The minimum atomic E-state index is -0.757. The first kappa shape index (κ1) is 19.2. The average Bonchev–Trinajstić information content (AvgIpc) is 2.65. The molecule has 2 amide bonds. The number of carbonyl (C=O) groups excluding carboxylic acids is 2. The van der Waals surface area contributed by atoms with E-state index in [4.69, 9.17) is 5.73 Å². The van der Waals surface area contributed by atoms with Crippen LogP contribution in [-0.4, -0.2) is 22.6 Å². The molecule has 0 radical (unpaired) electrons. The van der Waals surface area contributed by atoms with Gasteiger partial charge in [-0.2, -0.15) is 0 Å². The molecule has 1 aromatic carbocycles. The monoisotopic (exact) mass is 385 g/mol. The molecule has 2 aromatic rings. The number of fused-ring (bicyclic) bond motifs is 1. The first-order valence-electron chi connectivity index (χ1n) is 9.07. The summed E-state index contributed by atoms with van der Waals surface area (Å²) in [5.74, 6) is 0.0960. The molecule has 0 fully saturated rings. The number of nitrogens with one attached hydrogen (secondary N) is 2. The van der Waals surface area contributed by atoms with Gasteiger partial charge in [0.25, 0.3) is 11.5 Å². The maximum absolute atomic E-state index is 12.3. The number of hydrogen-bond acceptors (Lipinski definition) is 4. The van der Waals surface area contributed by atoms with Crippen LogP contribution in [0.4, 0.5) is 0 Å². The summed E-state index contributed by atoms with van der Waals surface area (Å²) in [6.07, 6.45) is 3.60. The molecule has 0 aliphatic heterocycles. The van der Waals surface area contributed by atoms with Gasteiger partial charge >= 0.3 is 0 Å². The minimum absolute atomic E-state index is 0.0201. The predicted octanol–water partition coefficient (Wildman–Crippen LogP) is 2.54. The van der Waals surface area contributed by atoms with E-state index in [2.05, 4.69) is 22.4 Å². The SMILES string of the molecule is NC(=O)c1cc2c([nH]c1=O)CCCC2NC(=O)CCCSc1ccccc1. The average molecular weight is 385 g/mol. The summed E-state index contributed by atoms with van der Waals surface area (Å²) in [5.41, 5.74) is 6.32. The number of carbonyl (C=O) groups is 2. The highest BCUT2D eigenvalue weighted by molar-refractivity contribution is 7.99. The number of H-pyrrole nitrogens is 1. The minimum Gasteiger partial charge on any atom is -0.365 e. The number of rotatable bonds is 7. The van der Waals surface area contributed by atoms with Gasteiger partial charge in [-0.3, -0.25) is 14.4 Å². The second kappa shape index (κ2) is 8.90. The standard InChI is InChI=1S/C20H23N3O3S/c21-19(25)15-12-14-16(8-4-9-17(14)23-20(15)26)22-18(24)10-5-11-27-13-6-2-1-3-7-13/h1-3,6-7,12,16H,4-5,8-11H2,(H2,21,25)(H,22,24)(H,23,26). The summed E-state index contributed by atoms with van der Waals surface area (Å²) in [5, 5.41) is 3.04. The molecule has 1 aromatic heterocycles. The van der Waals surface area contributed by atoms with Gasteiger partial charge in [0.15, 0.2) is 0 Å². The smallest absolute Gasteiger partial charge is 0.261 e. The Bertz CT molecular complexity index is 880. The molecule has 1 aliphatic rings. The van der Waals surface area contributed by atoms with Gasteiger partial charge in [-0.05, 0) is 55.2 Å². The Morgan fingerprint density at radius 2 is 2.04 bits per heavy atom. The molecule has 0 saturated carbocycles. The number of aromatic amines is 1. The Kier molecular flexibility index (Phi) is 6.34. The van der Waals surface area contributed by atoms with Crippen LogP contribution < -0.4 is 16.6 Å². The van der Waals surface area contributed by atoms with Crippen molar-refractivity contribution in [3.05, 3.63) is 63.6 Å². The maximum Gasteiger partial charge on any atom is 0.261 e. The molecular formula is C20H23N3O3S. The lowest BCUT2D eigenvalue weighted by Gasteiger charge is -2.26. The molecule has 1 aliphatic carbocycles. The molecule has 3 rings (SSSR count). The molecule has 4 N–H and O–H groups in total. The van der Waals surface area contributed by atoms with Crippen LogP contribution in [-0.2, 0) is 11.2 Å². The van der Waals surface area contributed by atoms with Crippen molar-refractivity contribution in [2.45, 2.75) is 43.0 Å². The lowest BCUT2D eigenvalue weighted by atomic mass is 9.90. The quantitative estimate of drug-likeness (QED) is 0.503. The highest BCUT2D eigenvalue weighted by Gasteiger charge is 2.24. The zero-order valence-electron chi connectivity index (χ0n) is 15.0.